The molecule has 2 aromatic rings. The summed E-state index contributed by atoms with van der Waals surface area (Å²) in [6.07, 6.45) is -2.12. The van der Waals surface area contributed by atoms with Gasteiger partial charge in [-0.3, -0.25) is 9.78 Å². The number of carbonyl (C=O) groups excluding carboxylic acids is 1. The van der Waals surface area contributed by atoms with Crippen LogP contribution >= 0.6 is 0 Å². The Balaban J connectivity index is 2.47. The van der Waals surface area contributed by atoms with E-state index in [4.69, 9.17) is 5.73 Å². The second kappa shape index (κ2) is 4.17. The van der Waals surface area contributed by atoms with Crippen LogP contribution in [0.4, 0.5) is 24.5 Å². The first-order valence-corrected chi connectivity index (χ1v) is 4.90. The third-order valence-corrected chi connectivity index (χ3v) is 2.36. The van der Waals surface area contributed by atoms with Crippen molar-refractivity contribution >= 4 is 28.1 Å². The molecule has 7 heteroatoms. The summed E-state index contributed by atoms with van der Waals surface area (Å²) in [5.41, 5.74) is 6.10. The lowest BCUT2D eigenvalue weighted by Crippen LogP contribution is -2.30. The number of alkyl halides is 3. The first-order chi connectivity index (χ1) is 8.39. The van der Waals surface area contributed by atoms with Gasteiger partial charge < -0.3 is 11.1 Å². The highest BCUT2D eigenvalue weighted by atomic mass is 19.4. The maximum absolute atomic E-state index is 12.2. The standard InChI is InChI=1S/C11H8F3N3O/c12-11(13,14)10(18)17-9-2-1-8(15)6-3-4-16-5-7(6)9/h1-5H,15H2,(H,17,18). The van der Waals surface area contributed by atoms with Crippen molar-refractivity contribution in [3.63, 3.8) is 0 Å². The molecule has 1 aromatic heterocycles. The van der Waals surface area contributed by atoms with Gasteiger partial charge in [-0.2, -0.15) is 13.2 Å². The lowest BCUT2D eigenvalue weighted by Gasteiger charge is -2.11. The Bertz CT molecular complexity index is 610. The van der Waals surface area contributed by atoms with E-state index in [0.717, 1.165) is 0 Å². The molecule has 0 aliphatic carbocycles. The van der Waals surface area contributed by atoms with Crippen molar-refractivity contribution in [3.8, 4) is 0 Å². The van der Waals surface area contributed by atoms with E-state index in [2.05, 4.69) is 4.98 Å². The zero-order valence-corrected chi connectivity index (χ0v) is 8.95. The summed E-state index contributed by atoms with van der Waals surface area (Å²) in [6, 6.07) is 4.30. The van der Waals surface area contributed by atoms with Crippen molar-refractivity contribution in [1.29, 1.82) is 0 Å². The zero-order chi connectivity index (χ0) is 13.3. The number of hydrogen-bond acceptors (Lipinski definition) is 3. The van der Waals surface area contributed by atoms with Crippen LogP contribution in [0, 0.1) is 0 Å². The van der Waals surface area contributed by atoms with E-state index in [9.17, 15) is 18.0 Å². The average molecular weight is 255 g/mol. The minimum Gasteiger partial charge on any atom is -0.398 e. The van der Waals surface area contributed by atoms with Crippen LogP contribution in [0.1, 0.15) is 0 Å². The molecule has 1 heterocycles. The highest BCUT2D eigenvalue weighted by Crippen LogP contribution is 2.28. The molecule has 18 heavy (non-hydrogen) atoms. The van der Waals surface area contributed by atoms with Crippen molar-refractivity contribution in [3.05, 3.63) is 30.6 Å². The summed E-state index contributed by atoms with van der Waals surface area (Å²) in [5.74, 6) is -2.03. The molecular weight excluding hydrogens is 247 g/mol. The number of nitrogens with two attached hydrogens (primary N) is 1. The molecule has 0 spiro atoms. The number of nitrogen functional groups attached to an aromatic ring is 1. The molecule has 0 aliphatic heterocycles. The van der Waals surface area contributed by atoms with Gasteiger partial charge in [-0.1, -0.05) is 0 Å². The molecule has 0 fully saturated rings. The van der Waals surface area contributed by atoms with Crippen molar-refractivity contribution in [1.82, 2.24) is 4.98 Å². The molecule has 0 bridgehead atoms. The molecule has 0 radical (unpaired) electrons. The second-order valence-corrected chi connectivity index (χ2v) is 3.58. The van der Waals surface area contributed by atoms with Crippen molar-refractivity contribution in [2.45, 2.75) is 6.18 Å². The third kappa shape index (κ3) is 2.20. The number of pyridine rings is 1. The molecule has 4 nitrogen and oxygen atoms in total. The van der Waals surface area contributed by atoms with E-state index < -0.39 is 12.1 Å². The predicted molar refractivity (Wildman–Crippen MR) is 60.8 cm³/mol. The fraction of sp³-hybridized carbons (Fsp3) is 0.0909. The lowest BCUT2D eigenvalue weighted by molar-refractivity contribution is -0.167. The minimum absolute atomic E-state index is 0.0228. The van der Waals surface area contributed by atoms with E-state index in [-0.39, 0.29) is 5.69 Å². The number of carbonyl (C=O) groups is 1. The van der Waals surface area contributed by atoms with Gasteiger partial charge in [-0.05, 0) is 18.2 Å². The smallest absolute Gasteiger partial charge is 0.398 e. The topological polar surface area (TPSA) is 68.0 Å². The van der Waals surface area contributed by atoms with E-state index in [1.807, 2.05) is 0 Å². The monoisotopic (exact) mass is 255 g/mol. The Morgan fingerprint density at radius 1 is 1.22 bits per heavy atom. The molecule has 0 atom stereocenters. The van der Waals surface area contributed by atoms with Gasteiger partial charge in [0.25, 0.3) is 0 Å². The Kier molecular flexibility index (Phi) is 2.82. The van der Waals surface area contributed by atoms with Gasteiger partial charge in [-0.15, -0.1) is 0 Å². The molecule has 0 saturated heterocycles. The van der Waals surface area contributed by atoms with Crippen LogP contribution in [0.25, 0.3) is 10.8 Å². The van der Waals surface area contributed by atoms with Crippen molar-refractivity contribution in [2.24, 2.45) is 0 Å². The first kappa shape index (κ1) is 12.2. The first-order valence-electron chi connectivity index (χ1n) is 4.90. The van der Waals surface area contributed by atoms with Crippen molar-refractivity contribution < 1.29 is 18.0 Å². The van der Waals surface area contributed by atoms with Crippen molar-refractivity contribution in [2.75, 3.05) is 11.1 Å². The summed E-state index contributed by atoms with van der Waals surface area (Å²) in [5, 5.41) is 2.68. The van der Waals surface area contributed by atoms with Crippen LogP contribution in [0.15, 0.2) is 30.6 Å². The van der Waals surface area contributed by atoms with Gasteiger partial charge in [0.15, 0.2) is 0 Å². The summed E-state index contributed by atoms with van der Waals surface area (Å²) in [6.45, 7) is 0. The number of aromatic nitrogens is 1. The maximum atomic E-state index is 12.2. The number of benzene rings is 1. The Hall–Kier alpha value is -2.31. The summed E-state index contributed by atoms with van der Waals surface area (Å²) in [4.78, 5) is 14.7. The molecule has 0 saturated carbocycles. The SMILES string of the molecule is Nc1ccc(NC(=O)C(F)(F)F)c2cnccc12. The van der Waals surface area contributed by atoms with Crippen LogP contribution in [0.3, 0.4) is 0 Å². The number of amides is 1. The van der Waals surface area contributed by atoms with Crippen LogP contribution in [0.2, 0.25) is 0 Å². The number of fused-ring (bicyclic) bond motifs is 1. The van der Waals surface area contributed by atoms with Crippen LogP contribution in [0.5, 0.6) is 0 Å². The number of hydrogen-bond donors (Lipinski definition) is 2. The van der Waals surface area contributed by atoms with E-state index in [0.29, 0.717) is 16.5 Å². The largest absolute Gasteiger partial charge is 0.471 e. The molecule has 0 unspecified atom stereocenters. The summed E-state index contributed by atoms with van der Waals surface area (Å²) < 4.78 is 36.5. The number of nitrogens with one attached hydrogen (secondary N) is 1. The molecule has 1 aromatic carbocycles. The fourth-order valence-electron chi connectivity index (χ4n) is 1.52. The van der Waals surface area contributed by atoms with E-state index in [1.165, 1.54) is 24.5 Å². The summed E-state index contributed by atoms with van der Waals surface area (Å²) in [7, 11) is 0. The normalized spacial score (nSPS) is 11.5. The number of nitrogens with zero attached hydrogens (tertiary/aromatic N) is 1. The van der Waals surface area contributed by atoms with Gasteiger partial charge in [0, 0.05) is 28.9 Å². The van der Waals surface area contributed by atoms with Crippen LogP contribution in [-0.4, -0.2) is 17.1 Å². The second-order valence-electron chi connectivity index (χ2n) is 3.58. The molecule has 0 aliphatic rings. The van der Waals surface area contributed by atoms with E-state index in [1.54, 1.807) is 11.4 Å². The van der Waals surface area contributed by atoms with Gasteiger partial charge in [-0.25, -0.2) is 0 Å². The average Bonchev–Trinajstić information content (AvgIpc) is 2.32. The third-order valence-electron chi connectivity index (χ3n) is 2.36. The van der Waals surface area contributed by atoms with Gasteiger partial charge in [0.2, 0.25) is 0 Å². The lowest BCUT2D eigenvalue weighted by atomic mass is 10.1. The fourth-order valence-corrected chi connectivity index (χ4v) is 1.52. The number of halogens is 3. The quantitative estimate of drug-likeness (QED) is 0.768. The van der Waals surface area contributed by atoms with Crippen LogP contribution < -0.4 is 11.1 Å². The Morgan fingerprint density at radius 3 is 2.61 bits per heavy atom. The van der Waals surface area contributed by atoms with Gasteiger partial charge in [0.1, 0.15) is 0 Å². The zero-order valence-electron chi connectivity index (χ0n) is 8.95. The number of anilines is 2. The van der Waals surface area contributed by atoms with Gasteiger partial charge >= 0.3 is 12.1 Å². The summed E-state index contributed by atoms with van der Waals surface area (Å²) >= 11 is 0. The molecule has 94 valence electrons. The molecule has 2 rings (SSSR count). The Labute approximate surface area is 99.6 Å². The van der Waals surface area contributed by atoms with Crippen LogP contribution in [-0.2, 0) is 4.79 Å². The van der Waals surface area contributed by atoms with E-state index >= 15 is 0 Å². The molecular formula is C11H8F3N3O. The highest BCUT2D eigenvalue weighted by molar-refractivity contribution is 6.06. The number of rotatable bonds is 1. The highest BCUT2D eigenvalue weighted by Gasteiger charge is 2.38. The molecule has 1 amide bonds. The van der Waals surface area contributed by atoms with Gasteiger partial charge in [0.05, 0.1) is 5.69 Å². The molecule has 3 N–H and O–H groups in total. The predicted octanol–water partition coefficient (Wildman–Crippen LogP) is 2.32. The minimum atomic E-state index is -4.93. The maximum Gasteiger partial charge on any atom is 0.471 e. The Morgan fingerprint density at radius 2 is 1.94 bits per heavy atom.